The van der Waals surface area contributed by atoms with Crippen LogP contribution in [0.2, 0.25) is 0 Å². The molecule has 6 heteroatoms. The molecule has 1 saturated carbocycles. The SMILES string of the molecule is NC1CCCCC1Oc1c([N+](=O)[O-])cnc2ccccc12. The largest absolute Gasteiger partial charge is 0.481 e. The third kappa shape index (κ3) is 2.67. The molecule has 6 nitrogen and oxygen atoms in total. The van der Waals surface area contributed by atoms with Crippen LogP contribution in [0.5, 0.6) is 5.75 Å². The molecule has 1 aliphatic rings. The first kappa shape index (κ1) is 13.8. The second-order valence-electron chi connectivity index (χ2n) is 5.35. The second kappa shape index (κ2) is 5.65. The summed E-state index contributed by atoms with van der Waals surface area (Å²) >= 11 is 0. The van der Waals surface area contributed by atoms with Crippen molar-refractivity contribution in [2.24, 2.45) is 5.73 Å². The van der Waals surface area contributed by atoms with E-state index >= 15 is 0 Å². The number of hydrogen-bond acceptors (Lipinski definition) is 5. The molecule has 0 spiro atoms. The van der Waals surface area contributed by atoms with E-state index in [0.717, 1.165) is 25.7 Å². The maximum atomic E-state index is 11.2. The van der Waals surface area contributed by atoms with E-state index in [-0.39, 0.29) is 23.6 Å². The number of benzene rings is 1. The van der Waals surface area contributed by atoms with E-state index in [9.17, 15) is 10.1 Å². The Morgan fingerprint density at radius 3 is 2.81 bits per heavy atom. The Bertz CT molecular complexity index is 674. The van der Waals surface area contributed by atoms with Crippen LogP contribution in [0.1, 0.15) is 25.7 Å². The Morgan fingerprint density at radius 1 is 1.29 bits per heavy atom. The van der Waals surface area contributed by atoms with Gasteiger partial charge in [0.2, 0.25) is 5.75 Å². The highest BCUT2D eigenvalue weighted by atomic mass is 16.6. The highest BCUT2D eigenvalue weighted by molar-refractivity contribution is 5.88. The number of rotatable bonds is 3. The number of fused-ring (bicyclic) bond motifs is 1. The van der Waals surface area contributed by atoms with Crippen molar-refractivity contribution < 1.29 is 9.66 Å². The molecule has 1 heterocycles. The predicted molar refractivity (Wildman–Crippen MR) is 79.3 cm³/mol. The van der Waals surface area contributed by atoms with Crippen molar-refractivity contribution in [2.75, 3.05) is 0 Å². The van der Waals surface area contributed by atoms with Crippen LogP contribution in [0.25, 0.3) is 10.9 Å². The first-order valence-electron chi connectivity index (χ1n) is 7.11. The number of para-hydroxylation sites is 1. The summed E-state index contributed by atoms with van der Waals surface area (Å²) < 4.78 is 5.97. The lowest BCUT2D eigenvalue weighted by Gasteiger charge is -2.29. The fraction of sp³-hybridized carbons (Fsp3) is 0.400. The van der Waals surface area contributed by atoms with E-state index in [0.29, 0.717) is 10.9 Å². The van der Waals surface area contributed by atoms with Gasteiger partial charge in [0, 0.05) is 11.4 Å². The van der Waals surface area contributed by atoms with Gasteiger partial charge in [-0.2, -0.15) is 0 Å². The summed E-state index contributed by atoms with van der Waals surface area (Å²) in [6, 6.07) is 7.19. The average molecular weight is 287 g/mol. The number of nitro groups is 1. The number of hydrogen-bond donors (Lipinski definition) is 1. The lowest BCUT2D eigenvalue weighted by Crippen LogP contribution is -2.41. The lowest BCUT2D eigenvalue weighted by atomic mass is 9.93. The highest BCUT2D eigenvalue weighted by Gasteiger charge is 2.28. The van der Waals surface area contributed by atoms with Gasteiger partial charge in [0.15, 0.2) is 0 Å². The zero-order chi connectivity index (χ0) is 14.8. The zero-order valence-electron chi connectivity index (χ0n) is 11.6. The van der Waals surface area contributed by atoms with E-state index in [4.69, 9.17) is 10.5 Å². The van der Waals surface area contributed by atoms with Crippen LogP contribution in [0.15, 0.2) is 30.5 Å². The van der Waals surface area contributed by atoms with Crippen LogP contribution in [0, 0.1) is 10.1 Å². The Balaban J connectivity index is 2.05. The van der Waals surface area contributed by atoms with Gasteiger partial charge in [-0.25, -0.2) is 4.98 Å². The molecule has 0 amide bonds. The van der Waals surface area contributed by atoms with Crippen molar-refractivity contribution in [2.45, 2.75) is 37.8 Å². The van der Waals surface area contributed by atoms with E-state index < -0.39 is 4.92 Å². The van der Waals surface area contributed by atoms with Crippen molar-refractivity contribution in [3.63, 3.8) is 0 Å². The molecule has 1 aromatic heterocycles. The van der Waals surface area contributed by atoms with Crippen molar-refractivity contribution in [1.29, 1.82) is 0 Å². The van der Waals surface area contributed by atoms with Gasteiger partial charge in [0.1, 0.15) is 12.3 Å². The van der Waals surface area contributed by atoms with Crippen LogP contribution in [0.3, 0.4) is 0 Å². The summed E-state index contributed by atoms with van der Waals surface area (Å²) in [4.78, 5) is 14.9. The number of aromatic nitrogens is 1. The zero-order valence-corrected chi connectivity index (χ0v) is 11.6. The van der Waals surface area contributed by atoms with Crippen LogP contribution >= 0.6 is 0 Å². The van der Waals surface area contributed by atoms with E-state index in [1.54, 1.807) is 6.07 Å². The smallest absolute Gasteiger partial charge is 0.329 e. The first-order chi connectivity index (χ1) is 10.2. The minimum Gasteiger partial charge on any atom is -0.481 e. The molecule has 0 saturated heterocycles. The van der Waals surface area contributed by atoms with E-state index in [1.165, 1.54) is 6.20 Å². The van der Waals surface area contributed by atoms with Crippen LogP contribution in [-0.2, 0) is 0 Å². The fourth-order valence-electron chi connectivity index (χ4n) is 2.78. The van der Waals surface area contributed by atoms with Crippen LogP contribution in [0.4, 0.5) is 5.69 Å². The van der Waals surface area contributed by atoms with Crippen LogP contribution in [-0.4, -0.2) is 22.1 Å². The van der Waals surface area contributed by atoms with Gasteiger partial charge >= 0.3 is 5.69 Å². The second-order valence-corrected chi connectivity index (χ2v) is 5.35. The maximum absolute atomic E-state index is 11.2. The summed E-state index contributed by atoms with van der Waals surface area (Å²) in [6.07, 6.45) is 4.92. The lowest BCUT2D eigenvalue weighted by molar-refractivity contribution is -0.386. The molecule has 1 fully saturated rings. The highest BCUT2D eigenvalue weighted by Crippen LogP contribution is 2.36. The monoisotopic (exact) mass is 287 g/mol. The Kier molecular flexibility index (Phi) is 3.70. The Labute approximate surface area is 122 Å². The fourth-order valence-corrected chi connectivity index (χ4v) is 2.78. The summed E-state index contributed by atoms with van der Waals surface area (Å²) in [5.74, 6) is 0.285. The van der Waals surface area contributed by atoms with Crippen molar-refractivity contribution in [1.82, 2.24) is 4.98 Å². The molecule has 110 valence electrons. The summed E-state index contributed by atoms with van der Waals surface area (Å²) in [7, 11) is 0. The summed E-state index contributed by atoms with van der Waals surface area (Å²) in [6.45, 7) is 0. The van der Waals surface area contributed by atoms with Gasteiger partial charge in [-0.15, -0.1) is 0 Å². The number of nitrogens with zero attached hydrogens (tertiary/aromatic N) is 2. The van der Waals surface area contributed by atoms with Crippen molar-refractivity contribution >= 4 is 16.6 Å². The first-order valence-corrected chi connectivity index (χ1v) is 7.11. The third-order valence-corrected chi connectivity index (χ3v) is 3.93. The molecule has 0 aliphatic heterocycles. The molecule has 21 heavy (non-hydrogen) atoms. The molecule has 2 N–H and O–H groups in total. The molecular weight excluding hydrogens is 270 g/mol. The molecule has 1 aliphatic carbocycles. The number of ether oxygens (including phenoxy) is 1. The molecule has 3 rings (SSSR count). The quantitative estimate of drug-likeness (QED) is 0.692. The average Bonchev–Trinajstić information content (AvgIpc) is 2.49. The molecule has 2 unspecified atom stereocenters. The molecule has 0 radical (unpaired) electrons. The standard InChI is InChI=1S/C15H17N3O3/c16-11-6-2-4-8-14(11)21-15-10-5-1-3-7-12(10)17-9-13(15)18(19)20/h1,3,5,7,9,11,14H,2,4,6,8,16H2. The predicted octanol–water partition coefficient (Wildman–Crippen LogP) is 2.79. The van der Waals surface area contributed by atoms with Gasteiger partial charge in [0.25, 0.3) is 0 Å². The molecule has 0 bridgehead atoms. The number of nitrogens with two attached hydrogens (primary N) is 1. The van der Waals surface area contributed by atoms with E-state index in [2.05, 4.69) is 4.98 Å². The minimum absolute atomic E-state index is 0.0784. The van der Waals surface area contributed by atoms with Crippen molar-refractivity contribution in [3.05, 3.63) is 40.6 Å². The third-order valence-electron chi connectivity index (χ3n) is 3.93. The van der Waals surface area contributed by atoms with Gasteiger partial charge in [0.05, 0.1) is 10.4 Å². The number of pyridine rings is 1. The van der Waals surface area contributed by atoms with Crippen LogP contribution < -0.4 is 10.5 Å². The summed E-state index contributed by atoms with van der Waals surface area (Å²) in [5.41, 5.74) is 6.66. The molecule has 1 aromatic carbocycles. The van der Waals surface area contributed by atoms with Gasteiger partial charge in [-0.3, -0.25) is 10.1 Å². The van der Waals surface area contributed by atoms with Gasteiger partial charge in [-0.05, 0) is 31.4 Å². The maximum Gasteiger partial charge on any atom is 0.329 e. The Hall–Kier alpha value is -2.21. The van der Waals surface area contributed by atoms with E-state index in [1.807, 2.05) is 18.2 Å². The topological polar surface area (TPSA) is 91.3 Å². The Morgan fingerprint density at radius 2 is 2.05 bits per heavy atom. The normalized spacial score (nSPS) is 22.1. The van der Waals surface area contributed by atoms with Gasteiger partial charge < -0.3 is 10.5 Å². The summed E-state index contributed by atoms with van der Waals surface area (Å²) in [5, 5.41) is 11.9. The van der Waals surface area contributed by atoms with Crippen molar-refractivity contribution in [3.8, 4) is 5.75 Å². The van der Waals surface area contributed by atoms with Gasteiger partial charge in [-0.1, -0.05) is 18.6 Å². The molecular formula is C15H17N3O3. The molecule has 2 atom stereocenters. The molecule has 2 aromatic rings. The minimum atomic E-state index is -0.455.